The summed E-state index contributed by atoms with van der Waals surface area (Å²) < 4.78 is 33.2. The summed E-state index contributed by atoms with van der Waals surface area (Å²) in [6.07, 6.45) is 0.731. The second-order valence-corrected chi connectivity index (χ2v) is 8.50. The molecule has 2 N–H and O–H groups in total. The highest BCUT2D eigenvalue weighted by molar-refractivity contribution is 7.89. The number of aryl methyl sites for hydroxylation is 1. The summed E-state index contributed by atoms with van der Waals surface area (Å²) in [4.78, 5) is 2.26. The number of aliphatic hydroxyl groups is 1. The van der Waals surface area contributed by atoms with Crippen LogP contribution in [0.15, 0.2) is 41.3 Å². The van der Waals surface area contributed by atoms with Crippen LogP contribution >= 0.6 is 0 Å². The molecule has 0 bridgehead atoms. The fourth-order valence-corrected chi connectivity index (χ4v) is 4.58. The van der Waals surface area contributed by atoms with E-state index >= 15 is 0 Å². The number of ether oxygens (including phenoxy) is 1. The Morgan fingerprint density at radius 2 is 2.04 bits per heavy atom. The fraction of sp³-hybridized carbons (Fsp3) is 0.400. The highest BCUT2D eigenvalue weighted by Gasteiger charge is 2.23. The number of hydrogen-bond acceptors (Lipinski definition) is 5. The summed E-state index contributed by atoms with van der Waals surface area (Å²) in [6.45, 7) is 2.81. The quantitative estimate of drug-likeness (QED) is 0.758. The topological polar surface area (TPSA) is 78.9 Å². The van der Waals surface area contributed by atoms with Gasteiger partial charge in [0.1, 0.15) is 10.6 Å². The van der Waals surface area contributed by atoms with E-state index in [0.29, 0.717) is 5.56 Å². The number of fused-ring (bicyclic) bond motifs is 1. The van der Waals surface area contributed by atoms with Crippen molar-refractivity contribution in [2.24, 2.45) is 0 Å². The standard InChI is InChI=1S/C20H26N2O4S/c1-4-14-5-8-19(26-3)20(11-14)27(24,25)21-13-18(23)16-6-7-17-15(12-16)9-10-22(17)2/h5-8,11-12,18,21,23H,4,9-10,13H2,1-3H3. The van der Waals surface area contributed by atoms with Gasteiger partial charge >= 0.3 is 0 Å². The van der Waals surface area contributed by atoms with Gasteiger partial charge in [0.2, 0.25) is 10.0 Å². The maximum atomic E-state index is 12.7. The van der Waals surface area contributed by atoms with E-state index in [-0.39, 0.29) is 17.2 Å². The predicted molar refractivity (Wildman–Crippen MR) is 106 cm³/mol. The van der Waals surface area contributed by atoms with E-state index in [1.165, 1.54) is 12.7 Å². The van der Waals surface area contributed by atoms with Crippen LogP contribution in [0.25, 0.3) is 0 Å². The lowest BCUT2D eigenvalue weighted by Crippen LogP contribution is -2.29. The highest BCUT2D eigenvalue weighted by atomic mass is 32.2. The molecule has 3 rings (SSSR count). The smallest absolute Gasteiger partial charge is 0.244 e. The first-order valence-electron chi connectivity index (χ1n) is 9.04. The molecule has 0 saturated carbocycles. The molecule has 1 unspecified atom stereocenters. The van der Waals surface area contributed by atoms with Gasteiger partial charge in [0, 0.05) is 25.8 Å². The van der Waals surface area contributed by atoms with Crippen LogP contribution in [0.3, 0.4) is 0 Å². The summed E-state index contributed by atoms with van der Waals surface area (Å²) in [5, 5.41) is 10.5. The SMILES string of the molecule is CCc1ccc(OC)c(S(=O)(=O)NCC(O)c2ccc3c(c2)CCN3C)c1. The molecule has 1 aliphatic heterocycles. The molecule has 2 aromatic rings. The Hall–Kier alpha value is -2.09. The van der Waals surface area contributed by atoms with Crippen LogP contribution in [-0.4, -0.2) is 40.8 Å². The number of nitrogens with zero attached hydrogens (tertiary/aromatic N) is 1. The molecule has 0 fully saturated rings. The predicted octanol–water partition coefficient (Wildman–Crippen LogP) is 2.26. The van der Waals surface area contributed by atoms with Crippen LogP contribution < -0.4 is 14.4 Å². The van der Waals surface area contributed by atoms with Gasteiger partial charge in [-0.2, -0.15) is 0 Å². The Kier molecular flexibility index (Phi) is 5.74. The molecule has 27 heavy (non-hydrogen) atoms. The second kappa shape index (κ2) is 7.88. The first-order valence-corrected chi connectivity index (χ1v) is 10.5. The van der Waals surface area contributed by atoms with E-state index in [9.17, 15) is 13.5 Å². The van der Waals surface area contributed by atoms with Gasteiger partial charge in [0.15, 0.2) is 0 Å². The molecule has 1 aliphatic rings. The molecular formula is C20H26N2O4S. The molecule has 1 heterocycles. The summed E-state index contributed by atoms with van der Waals surface area (Å²) >= 11 is 0. The third kappa shape index (κ3) is 4.10. The first kappa shape index (κ1) is 19.7. The normalized spacial score (nSPS) is 14.9. The van der Waals surface area contributed by atoms with Crippen LogP contribution in [0, 0.1) is 0 Å². The minimum atomic E-state index is -3.80. The number of likely N-dealkylation sites (N-methyl/N-ethyl adjacent to an activating group) is 1. The van der Waals surface area contributed by atoms with Gasteiger partial charge in [-0.1, -0.05) is 25.1 Å². The van der Waals surface area contributed by atoms with E-state index in [1.54, 1.807) is 12.1 Å². The fourth-order valence-electron chi connectivity index (χ4n) is 3.33. The Morgan fingerprint density at radius 3 is 2.74 bits per heavy atom. The van der Waals surface area contributed by atoms with Crippen molar-refractivity contribution in [2.75, 3.05) is 32.1 Å². The lowest BCUT2D eigenvalue weighted by Gasteiger charge is -2.16. The molecule has 0 aliphatic carbocycles. The number of sulfonamides is 1. The molecular weight excluding hydrogens is 364 g/mol. The number of aliphatic hydroxyl groups excluding tert-OH is 1. The number of hydrogen-bond donors (Lipinski definition) is 2. The van der Waals surface area contributed by atoms with E-state index in [2.05, 4.69) is 9.62 Å². The van der Waals surface area contributed by atoms with Crippen molar-refractivity contribution in [3.05, 3.63) is 53.1 Å². The summed E-state index contributed by atoms with van der Waals surface area (Å²) in [6, 6.07) is 10.9. The van der Waals surface area contributed by atoms with E-state index in [4.69, 9.17) is 4.74 Å². The first-order chi connectivity index (χ1) is 12.9. The van der Waals surface area contributed by atoms with E-state index in [0.717, 1.165) is 30.6 Å². The van der Waals surface area contributed by atoms with Gasteiger partial charge in [-0.05, 0) is 47.7 Å². The maximum absolute atomic E-state index is 12.7. The van der Waals surface area contributed by atoms with Gasteiger partial charge in [-0.3, -0.25) is 0 Å². The van der Waals surface area contributed by atoms with Crippen LogP contribution in [0.1, 0.15) is 29.7 Å². The van der Waals surface area contributed by atoms with Crippen LogP contribution in [0.4, 0.5) is 5.69 Å². The molecule has 146 valence electrons. The minimum absolute atomic E-state index is 0.0899. The summed E-state index contributed by atoms with van der Waals surface area (Å²) in [5.74, 6) is 0.287. The zero-order valence-electron chi connectivity index (χ0n) is 15.9. The van der Waals surface area contributed by atoms with Gasteiger partial charge < -0.3 is 14.7 Å². The van der Waals surface area contributed by atoms with Crippen molar-refractivity contribution in [1.29, 1.82) is 0 Å². The Morgan fingerprint density at radius 1 is 1.26 bits per heavy atom. The van der Waals surface area contributed by atoms with Crippen LogP contribution in [0.5, 0.6) is 5.75 Å². The van der Waals surface area contributed by atoms with Crippen molar-refractivity contribution in [1.82, 2.24) is 4.72 Å². The van der Waals surface area contributed by atoms with Crippen LogP contribution in [0.2, 0.25) is 0 Å². The van der Waals surface area contributed by atoms with Gasteiger partial charge in [-0.15, -0.1) is 0 Å². The van der Waals surface area contributed by atoms with Gasteiger partial charge in [0.25, 0.3) is 0 Å². The molecule has 0 saturated heterocycles. The number of benzene rings is 2. The number of rotatable bonds is 7. The average Bonchev–Trinajstić information content (AvgIpc) is 3.05. The van der Waals surface area contributed by atoms with E-state index < -0.39 is 16.1 Å². The monoisotopic (exact) mass is 390 g/mol. The number of nitrogens with one attached hydrogen (secondary N) is 1. The number of anilines is 1. The zero-order valence-corrected chi connectivity index (χ0v) is 16.7. The molecule has 0 radical (unpaired) electrons. The molecule has 2 aromatic carbocycles. The Bertz CT molecular complexity index is 928. The van der Waals surface area contributed by atoms with Crippen molar-refractivity contribution in [2.45, 2.75) is 30.8 Å². The Labute approximate surface area is 160 Å². The van der Waals surface area contributed by atoms with Gasteiger partial charge in [0.05, 0.1) is 13.2 Å². The Balaban J connectivity index is 1.76. The minimum Gasteiger partial charge on any atom is -0.495 e. The molecule has 0 aromatic heterocycles. The lowest BCUT2D eigenvalue weighted by atomic mass is 10.0. The molecule has 1 atom stereocenters. The van der Waals surface area contributed by atoms with Crippen molar-refractivity contribution in [3.8, 4) is 5.75 Å². The largest absolute Gasteiger partial charge is 0.495 e. The molecule has 6 nitrogen and oxygen atoms in total. The van der Waals surface area contributed by atoms with Crippen molar-refractivity contribution >= 4 is 15.7 Å². The zero-order chi connectivity index (χ0) is 19.6. The highest BCUT2D eigenvalue weighted by Crippen LogP contribution is 2.30. The van der Waals surface area contributed by atoms with Crippen molar-refractivity contribution < 1.29 is 18.3 Å². The summed E-state index contributed by atoms with van der Waals surface area (Å²) in [5.41, 5.74) is 3.95. The molecule has 0 spiro atoms. The maximum Gasteiger partial charge on any atom is 0.244 e. The molecule has 7 heteroatoms. The second-order valence-electron chi connectivity index (χ2n) is 6.77. The third-order valence-corrected chi connectivity index (χ3v) is 6.45. The van der Waals surface area contributed by atoms with Crippen LogP contribution in [-0.2, 0) is 22.9 Å². The lowest BCUT2D eigenvalue weighted by molar-refractivity contribution is 0.182. The van der Waals surface area contributed by atoms with Crippen molar-refractivity contribution in [3.63, 3.8) is 0 Å². The number of methoxy groups -OCH3 is 1. The average molecular weight is 391 g/mol. The summed E-state index contributed by atoms with van der Waals surface area (Å²) in [7, 11) is -0.326. The van der Waals surface area contributed by atoms with E-state index in [1.807, 2.05) is 38.2 Å². The third-order valence-electron chi connectivity index (χ3n) is 5.01. The van der Waals surface area contributed by atoms with Gasteiger partial charge in [-0.25, -0.2) is 13.1 Å². The molecule has 0 amide bonds.